The van der Waals surface area contributed by atoms with E-state index in [0.29, 0.717) is 5.69 Å². The monoisotopic (exact) mass is 325 g/mol. The fourth-order valence-corrected chi connectivity index (χ4v) is 1.72. The zero-order chi connectivity index (χ0) is 16.9. The van der Waals surface area contributed by atoms with Crippen molar-refractivity contribution >= 4 is 11.8 Å². The summed E-state index contributed by atoms with van der Waals surface area (Å²) in [5.41, 5.74) is 0.0872. The van der Waals surface area contributed by atoms with E-state index in [1.165, 1.54) is 6.07 Å². The average molecular weight is 325 g/mol. The summed E-state index contributed by atoms with van der Waals surface area (Å²) in [4.78, 5) is 19.4. The number of esters is 1. The van der Waals surface area contributed by atoms with Crippen LogP contribution < -0.4 is 5.32 Å². The molecule has 0 radical (unpaired) electrons. The maximum absolute atomic E-state index is 12.4. The molecule has 8 heteroatoms. The van der Waals surface area contributed by atoms with Crippen LogP contribution in [0.1, 0.15) is 21.7 Å². The molecular formula is C15H14F3N3O2. The number of halogens is 3. The molecule has 2 rings (SSSR count). The van der Waals surface area contributed by atoms with Gasteiger partial charge in [-0.05, 0) is 31.2 Å². The van der Waals surface area contributed by atoms with Gasteiger partial charge in [0, 0.05) is 11.9 Å². The molecule has 0 fully saturated rings. The lowest BCUT2D eigenvalue weighted by Gasteiger charge is -2.09. The summed E-state index contributed by atoms with van der Waals surface area (Å²) < 4.78 is 42.2. The lowest BCUT2D eigenvalue weighted by atomic mass is 10.3. The number of ether oxygens (including phenoxy) is 1. The van der Waals surface area contributed by atoms with E-state index in [4.69, 9.17) is 4.74 Å². The molecule has 2 heterocycles. The number of anilines is 1. The van der Waals surface area contributed by atoms with E-state index in [1.807, 2.05) is 0 Å². The highest BCUT2D eigenvalue weighted by Gasteiger charge is 2.30. The average Bonchev–Trinajstić information content (AvgIpc) is 2.51. The Kier molecular flexibility index (Phi) is 5.15. The highest BCUT2D eigenvalue weighted by molar-refractivity contribution is 5.87. The number of aromatic nitrogens is 2. The van der Waals surface area contributed by atoms with Crippen molar-refractivity contribution in [2.75, 3.05) is 18.5 Å². The van der Waals surface area contributed by atoms with Crippen molar-refractivity contribution in [1.82, 2.24) is 9.97 Å². The van der Waals surface area contributed by atoms with Crippen molar-refractivity contribution in [3.63, 3.8) is 0 Å². The van der Waals surface area contributed by atoms with Crippen LogP contribution in [0.15, 0.2) is 36.5 Å². The first kappa shape index (κ1) is 16.7. The minimum atomic E-state index is -4.41. The first-order valence-corrected chi connectivity index (χ1v) is 6.74. The molecule has 2 aromatic rings. The van der Waals surface area contributed by atoms with Crippen molar-refractivity contribution in [3.8, 4) is 0 Å². The van der Waals surface area contributed by atoms with Gasteiger partial charge in [0.2, 0.25) is 0 Å². The van der Waals surface area contributed by atoms with Gasteiger partial charge in [0.15, 0.2) is 0 Å². The molecule has 0 saturated carbocycles. The van der Waals surface area contributed by atoms with Crippen LogP contribution in [0.5, 0.6) is 0 Å². The predicted molar refractivity (Wildman–Crippen MR) is 77.0 cm³/mol. The van der Waals surface area contributed by atoms with Gasteiger partial charge < -0.3 is 10.1 Å². The summed E-state index contributed by atoms with van der Waals surface area (Å²) in [6, 6.07) is 7.14. The molecule has 0 aromatic carbocycles. The Labute approximate surface area is 130 Å². The third kappa shape index (κ3) is 4.94. The first-order chi connectivity index (χ1) is 10.9. The molecule has 23 heavy (non-hydrogen) atoms. The van der Waals surface area contributed by atoms with Crippen LogP contribution in [-0.4, -0.2) is 29.1 Å². The molecule has 122 valence electrons. The number of carbonyl (C=O) groups is 1. The van der Waals surface area contributed by atoms with Gasteiger partial charge in [-0.1, -0.05) is 6.07 Å². The van der Waals surface area contributed by atoms with Gasteiger partial charge in [-0.25, -0.2) is 14.8 Å². The molecule has 1 N–H and O–H groups in total. The van der Waals surface area contributed by atoms with Gasteiger partial charge in [0.1, 0.15) is 18.1 Å². The number of carbonyl (C=O) groups excluding carboxylic acids is 1. The van der Waals surface area contributed by atoms with Gasteiger partial charge >= 0.3 is 12.1 Å². The van der Waals surface area contributed by atoms with Crippen LogP contribution >= 0.6 is 0 Å². The van der Waals surface area contributed by atoms with Crippen molar-refractivity contribution in [2.24, 2.45) is 0 Å². The molecule has 2 aromatic heterocycles. The minimum absolute atomic E-state index is 0.0388. The summed E-state index contributed by atoms with van der Waals surface area (Å²) in [5, 5.41) is 2.77. The zero-order valence-corrected chi connectivity index (χ0v) is 12.2. The number of nitrogens with one attached hydrogen (secondary N) is 1. The van der Waals surface area contributed by atoms with Crippen LogP contribution in [0.4, 0.5) is 19.0 Å². The summed E-state index contributed by atoms with van der Waals surface area (Å²) >= 11 is 0. The summed E-state index contributed by atoms with van der Waals surface area (Å²) in [7, 11) is 0. The number of hydrogen-bond donors (Lipinski definition) is 1. The maximum atomic E-state index is 12.4. The first-order valence-electron chi connectivity index (χ1n) is 6.74. The molecule has 5 nitrogen and oxygen atoms in total. The normalized spacial score (nSPS) is 11.1. The Hall–Kier alpha value is -2.64. The Bertz CT molecular complexity index is 672. The lowest BCUT2D eigenvalue weighted by molar-refractivity contribution is -0.137. The van der Waals surface area contributed by atoms with Crippen LogP contribution in [0.3, 0.4) is 0 Å². The van der Waals surface area contributed by atoms with Crippen molar-refractivity contribution in [2.45, 2.75) is 13.1 Å². The maximum Gasteiger partial charge on any atom is 0.417 e. The smallest absolute Gasteiger partial charge is 0.417 e. The van der Waals surface area contributed by atoms with Gasteiger partial charge in [-0.15, -0.1) is 0 Å². The van der Waals surface area contributed by atoms with Crippen LogP contribution in [-0.2, 0) is 10.9 Å². The number of nitrogens with zero attached hydrogens (tertiary/aromatic N) is 2. The Morgan fingerprint density at radius 3 is 2.65 bits per heavy atom. The molecule has 0 amide bonds. The number of rotatable bonds is 5. The second kappa shape index (κ2) is 7.08. The van der Waals surface area contributed by atoms with Crippen LogP contribution in [0, 0.1) is 6.92 Å². The van der Waals surface area contributed by atoms with Crippen LogP contribution in [0.25, 0.3) is 0 Å². The molecule has 0 atom stereocenters. The fraction of sp³-hybridized carbons (Fsp3) is 0.267. The molecule has 0 spiro atoms. The Balaban J connectivity index is 1.78. The summed E-state index contributed by atoms with van der Waals surface area (Å²) in [6.45, 7) is 2.02. The second-order valence-electron chi connectivity index (χ2n) is 4.66. The van der Waals surface area contributed by atoms with E-state index >= 15 is 0 Å². The SMILES string of the molecule is Cc1cccc(C(=O)OCCNc2ccc(C(F)(F)F)cn2)n1. The van der Waals surface area contributed by atoms with E-state index in [0.717, 1.165) is 12.3 Å². The lowest BCUT2D eigenvalue weighted by Crippen LogP contribution is -2.15. The summed E-state index contributed by atoms with van der Waals surface area (Å²) in [5.74, 6) is -0.293. The standard InChI is InChI=1S/C15H14F3N3O2/c1-10-3-2-4-12(21-10)14(22)23-8-7-19-13-6-5-11(9-20-13)15(16,17)18/h2-6,9H,7-8H2,1H3,(H,19,20). The number of alkyl halides is 3. The zero-order valence-electron chi connectivity index (χ0n) is 12.2. The Morgan fingerprint density at radius 1 is 1.26 bits per heavy atom. The molecule has 0 aliphatic heterocycles. The van der Waals surface area contributed by atoms with Crippen molar-refractivity contribution in [3.05, 3.63) is 53.5 Å². The van der Waals surface area contributed by atoms with Crippen molar-refractivity contribution < 1.29 is 22.7 Å². The predicted octanol–water partition coefficient (Wildman–Crippen LogP) is 3.07. The Morgan fingerprint density at radius 2 is 2.04 bits per heavy atom. The van der Waals surface area contributed by atoms with Crippen molar-refractivity contribution in [1.29, 1.82) is 0 Å². The van der Waals surface area contributed by atoms with Gasteiger partial charge in [0.05, 0.1) is 12.1 Å². The van der Waals surface area contributed by atoms with E-state index < -0.39 is 17.7 Å². The number of pyridine rings is 2. The van der Waals surface area contributed by atoms with Gasteiger partial charge in [-0.2, -0.15) is 13.2 Å². The number of hydrogen-bond acceptors (Lipinski definition) is 5. The van der Waals surface area contributed by atoms with E-state index in [2.05, 4.69) is 15.3 Å². The summed E-state index contributed by atoms with van der Waals surface area (Å²) in [6.07, 6.45) is -3.67. The third-order valence-electron chi connectivity index (χ3n) is 2.83. The number of aryl methyl sites for hydroxylation is 1. The largest absolute Gasteiger partial charge is 0.459 e. The highest BCUT2D eigenvalue weighted by Crippen LogP contribution is 2.28. The third-order valence-corrected chi connectivity index (χ3v) is 2.83. The molecule has 0 saturated heterocycles. The van der Waals surface area contributed by atoms with Gasteiger partial charge in [0.25, 0.3) is 0 Å². The fourth-order valence-electron chi connectivity index (χ4n) is 1.72. The van der Waals surface area contributed by atoms with E-state index in [9.17, 15) is 18.0 Å². The second-order valence-corrected chi connectivity index (χ2v) is 4.66. The van der Waals surface area contributed by atoms with Crippen LogP contribution in [0.2, 0.25) is 0 Å². The van der Waals surface area contributed by atoms with Gasteiger partial charge in [-0.3, -0.25) is 0 Å². The van der Waals surface area contributed by atoms with E-state index in [1.54, 1.807) is 25.1 Å². The molecule has 0 aliphatic carbocycles. The molecular weight excluding hydrogens is 311 g/mol. The topological polar surface area (TPSA) is 64.1 Å². The molecule has 0 bridgehead atoms. The quantitative estimate of drug-likeness (QED) is 0.676. The van der Waals surface area contributed by atoms with E-state index in [-0.39, 0.29) is 24.7 Å². The molecule has 0 unspecified atom stereocenters. The highest BCUT2D eigenvalue weighted by atomic mass is 19.4. The molecule has 0 aliphatic rings. The minimum Gasteiger partial charge on any atom is -0.459 e.